The Morgan fingerprint density at radius 2 is 1.73 bits per heavy atom. The summed E-state index contributed by atoms with van der Waals surface area (Å²) >= 11 is 0. The van der Waals surface area contributed by atoms with Gasteiger partial charge in [-0.3, -0.25) is 4.79 Å². The summed E-state index contributed by atoms with van der Waals surface area (Å²) in [5.74, 6) is 0.457. The number of primary amides is 1. The number of nitrogens with zero attached hydrogens (tertiary/aromatic N) is 2. The fraction of sp³-hybridized carbons (Fsp3) is 0.300. The summed E-state index contributed by atoms with van der Waals surface area (Å²) < 4.78 is 5.44. The van der Waals surface area contributed by atoms with Crippen LogP contribution < -0.4 is 11.1 Å². The third-order valence-electron chi connectivity index (χ3n) is 4.25. The Hall–Kier alpha value is -2.86. The zero-order chi connectivity index (χ0) is 18.2. The number of benzene rings is 2. The molecule has 0 spiro atoms. The van der Waals surface area contributed by atoms with E-state index in [-0.39, 0.29) is 0 Å². The van der Waals surface area contributed by atoms with Crippen LogP contribution in [-0.4, -0.2) is 43.1 Å². The van der Waals surface area contributed by atoms with E-state index in [4.69, 9.17) is 15.5 Å². The fourth-order valence-corrected chi connectivity index (χ4v) is 2.76. The molecule has 1 saturated heterocycles. The van der Waals surface area contributed by atoms with E-state index in [2.05, 4.69) is 22.3 Å². The number of nitrogens with two attached hydrogens (primary N) is 1. The van der Waals surface area contributed by atoms with Crippen LogP contribution in [0.3, 0.4) is 0 Å². The van der Waals surface area contributed by atoms with Crippen LogP contribution in [0, 0.1) is 0 Å². The first-order valence-corrected chi connectivity index (χ1v) is 8.76. The van der Waals surface area contributed by atoms with Crippen molar-refractivity contribution in [3.05, 3.63) is 71.3 Å². The van der Waals surface area contributed by atoms with Gasteiger partial charge in [0.1, 0.15) is 0 Å². The summed E-state index contributed by atoms with van der Waals surface area (Å²) in [5, 5.41) is 3.43. The molecule has 1 fully saturated rings. The van der Waals surface area contributed by atoms with Gasteiger partial charge in [0.2, 0.25) is 5.91 Å². The summed E-state index contributed by atoms with van der Waals surface area (Å²) in [7, 11) is 0. The number of ether oxygens (including phenoxy) is 1. The molecule has 136 valence electrons. The van der Waals surface area contributed by atoms with E-state index in [0.717, 1.165) is 24.6 Å². The minimum absolute atomic E-state index is 0.414. The topological polar surface area (TPSA) is 80.0 Å². The smallest absolute Gasteiger partial charge is 0.248 e. The number of carbonyl (C=O) groups is 1. The molecule has 2 aromatic carbocycles. The lowest BCUT2D eigenvalue weighted by atomic mass is 10.1. The number of carbonyl (C=O) groups excluding carboxylic acids is 1. The number of hydrogen-bond donors (Lipinski definition) is 2. The molecule has 0 atom stereocenters. The van der Waals surface area contributed by atoms with Crippen LogP contribution in [0.5, 0.6) is 0 Å². The molecule has 1 aliphatic heterocycles. The molecule has 0 aliphatic carbocycles. The highest BCUT2D eigenvalue weighted by Crippen LogP contribution is 2.06. The second kappa shape index (κ2) is 9.01. The zero-order valence-corrected chi connectivity index (χ0v) is 14.7. The van der Waals surface area contributed by atoms with E-state index in [1.165, 1.54) is 5.56 Å². The quantitative estimate of drug-likeness (QED) is 0.635. The van der Waals surface area contributed by atoms with Gasteiger partial charge in [-0.2, -0.15) is 0 Å². The van der Waals surface area contributed by atoms with Gasteiger partial charge >= 0.3 is 0 Å². The highest BCUT2D eigenvalue weighted by Gasteiger charge is 2.15. The normalized spacial score (nSPS) is 14.9. The minimum Gasteiger partial charge on any atom is -0.378 e. The van der Waals surface area contributed by atoms with Crippen molar-refractivity contribution < 1.29 is 9.53 Å². The first-order valence-electron chi connectivity index (χ1n) is 8.76. The summed E-state index contributed by atoms with van der Waals surface area (Å²) in [4.78, 5) is 18.2. The van der Waals surface area contributed by atoms with Gasteiger partial charge in [0.15, 0.2) is 5.96 Å². The Labute approximate surface area is 153 Å². The number of rotatable bonds is 5. The Morgan fingerprint density at radius 3 is 2.38 bits per heavy atom. The van der Waals surface area contributed by atoms with E-state index in [1.54, 1.807) is 12.1 Å². The van der Waals surface area contributed by atoms with Gasteiger partial charge in [-0.25, -0.2) is 4.99 Å². The number of aliphatic imine (C=N–C) groups is 1. The van der Waals surface area contributed by atoms with E-state index in [9.17, 15) is 4.79 Å². The highest BCUT2D eigenvalue weighted by molar-refractivity contribution is 5.92. The maximum atomic E-state index is 11.2. The largest absolute Gasteiger partial charge is 0.378 e. The molecule has 0 saturated carbocycles. The van der Waals surface area contributed by atoms with Crippen molar-refractivity contribution in [3.8, 4) is 0 Å². The number of guanidine groups is 1. The van der Waals surface area contributed by atoms with Crippen molar-refractivity contribution in [1.82, 2.24) is 10.2 Å². The highest BCUT2D eigenvalue weighted by atomic mass is 16.5. The van der Waals surface area contributed by atoms with Crippen LogP contribution in [0.1, 0.15) is 21.5 Å². The molecule has 3 rings (SSSR count). The maximum absolute atomic E-state index is 11.2. The van der Waals surface area contributed by atoms with Crippen LogP contribution in [-0.2, 0) is 17.8 Å². The predicted molar refractivity (Wildman–Crippen MR) is 102 cm³/mol. The summed E-state index contributed by atoms with van der Waals surface area (Å²) in [6.45, 7) is 4.31. The van der Waals surface area contributed by atoms with Gasteiger partial charge in [-0.05, 0) is 23.3 Å². The Morgan fingerprint density at radius 1 is 1.04 bits per heavy atom. The average molecular weight is 352 g/mol. The minimum atomic E-state index is -0.414. The summed E-state index contributed by atoms with van der Waals surface area (Å²) in [6.07, 6.45) is 0. The summed E-state index contributed by atoms with van der Waals surface area (Å²) in [6, 6.07) is 17.5. The van der Waals surface area contributed by atoms with E-state index < -0.39 is 5.91 Å². The lowest BCUT2D eigenvalue weighted by molar-refractivity contribution is 0.0663. The molecule has 6 nitrogen and oxygen atoms in total. The van der Waals surface area contributed by atoms with Crippen LogP contribution in [0.2, 0.25) is 0 Å². The van der Waals surface area contributed by atoms with Crippen molar-refractivity contribution in [3.63, 3.8) is 0 Å². The van der Waals surface area contributed by atoms with Crippen LogP contribution in [0.25, 0.3) is 0 Å². The molecular weight excluding hydrogens is 328 g/mol. The van der Waals surface area contributed by atoms with Crippen molar-refractivity contribution in [2.45, 2.75) is 13.1 Å². The van der Waals surface area contributed by atoms with Gasteiger partial charge in [0.25, 0.3) is 0 Å². The average Bonchev–Trinajstić information content (AvgIpc) is 2.70. The van der Waals surface area contributed by atoms with E-state index >= 15 is 0 Å². The molecule has 1 amide bonds. The van der Waals surface area contributed by atoms with Crippen LogP contribution >= 0.6 is 0 Å². The lowest BCUT2D eigenvalue weighted by Crippen LogP contribution is -2.47. The second-order valence-electron chi connectivity index (χ2n) is 6.14. The van der Waals surface area contributed by atoms with Gasteiger partial charge in [-0.15, -0.1) is 0 Å². The Balaban J connectivity index is 1.67. The first kappa shape index (κ1) is 17.9. The molecule has 0 aromatic heterocycles. The van der Waals surface area contributed by atoms with Crippen LogP contribution in [0.4, 0.5) is 0 Å². The predicted octanol–water partition coefficient (Wildman–Crippen LogP) is 1.76. The molecule has 0 unspecified atom stereocenters. The molecule has 26 heavy (non-hydrogen) atoms. The lowest BCUT2D eigenvalue weighted by Gasteiger charge is -2.30. The SMILES string of the molecule is NC(=O)c1ccc(CNC(=NCc2ccccc2)N2CCOCC2)cc1. The van der Waals surface area contributed by atoms with Crippen LogP contribution in [0.15, 0.2) is 59.6 Å². The molecule has 0 radical (unpaired) electrons. The third kappa shape index (κ3) is 5.07. The van der Waals surface area contributed by atoms with Gasteiger partial charge in [0.05, 0.1) is 19.8 Å². The van der Waals surface area contributed by atoms with Crippen molar-refractivity contribution >= 4 is 11.9 Å². The molecular formula is C20H24N4O2. The number of hydrogen-bond acceptors (Lipinski definition) is 3. The van der Waals surface area contributed by atoms with E-state index in [0.29, 0.717) is 31.9 Å². The fourth-order valence-electron chi connectivity index (χ4n) is 2.76. The van der Waals surface area contributed by atoms with Crippen molar-refractivity contribution in [2.24, 2.45) is 10.7 Å². The van der Waals surface area contributed by atoms with E-state index in [1.807, 2.05) is 30.3 Å². The molecule has 0 bridgehead atoms. The molecule has 2 aromatic rings. The maximum Gasteiger partial charge on any atom is 0.248 e. The Bertz CT molecular complexity index is 738. The second-order valence-corrected chi connectivity index (χ2v) is 6.14. The third-order valence-corrected chi connectivity index (χ3v) is 4.25. The zero-order valence-electron chi connectivity index (χ0n) is 14.7. The molecule has 6 heteroatoms. The number of nitrogens with one attached hydrogen (secondary N) is 1. The first-order chi connectivity index (χ1) is 12.7. The van der Waals surface area contributed by atoms with Gasteiger partial charge < -0.3 is 20.7 Å². The summed E-state index contributed by atoms with van der Waals surface area (Å²) in [5.41, 5.74) is 8.04. The molecule has 1 aliphatic rings. The number of morpholine rings is 1. The van der Waals surface area contributed by atoms with Crippen molar-refractivity contribution in [1.29, 1.82) is 0 Å². The Kier molecular flexibility index (Phi) is 6.22. The standard InChI is InChI=1S/C20H24N4O2/c21-19(25)18-8-6-17(7-9-18)15-23-20(24-10-12-26-13-11-24)22-14-16-4-2-1-3-5-16/h1-9H,10-15H2,(H2,21,25)(H,22,23). The number of amides is 1. The van der Waals surface area contributed by atoms with Gasteiger partial charge in [-0.1, -0.05) is 42.5 Å². The molecule has 1 heterocycles. The van der Waals surface area contributed by atoms with Crippen molar-refractivity contribution in [2.75, 3.05) is 26.3 Å². The van der Waals surface area contributed by atoms with Gasteiger partial charge in [0, 0.05) is 25.2 Å². The molecule has 3 N–H and O–H groups in total. The monoisotopic (exact) mass is 352 g/mol.